The predicted molar refractivity (Wildman–Crippen MR) is 76.8 cm³/mol. The zero-order chi connectivity index (χ0) is 15.5. The Morgan fingerprint density at radius 1 is 1.38 bits per heavy atom. The van der Waals surface area contributed by atoms with Crippen molar-refractivity contribution >= 4 is 15.8 Å². The van der Waals surface area contributed by atoms with Gasteiger partial charge in [0.2, 0.25) is 10.0 Å². The average Bonchev–Trinajstić information content (AvgIpc) is 2.95. The molecule has 1 unspecified atom stereocenters. The molecule has 1 aromatic carbocycles. The molecule has 0 spiro atoms. The molecule has 1 saturated heterocycles. The van der Waals surface area contributed by atoms with Crippen molar-refractivity contribution in [2.75, 3.05) is 26.9 Å². The molecule has 0 amide bonds. The van der Waals surface area contributed by atoms with Gasteiger partial charge in [0.15, 0.2) is 5.78 Å². The Balaban J connectivity index is 2.09. The zero-order valence-electron chi connectivity index (χ0n) is 12.1. The first kappa shape index (κ1) is 16.1. The molecule has 1 fully saturated rings. The van der Waals surface area contributed by atoms with Gasteiger partial charge in [0, 0.05) is 32.2 Å². The zero-order valence-corrected chi connectivity index (χ0v) is 12.9. The molecular formula is C14H19NO5S. The van der Waals surface area contributed by atoms with Gasteiger partial charge in [-0.15, -0.1) is 0 Å². The Kier molecular flexibility index (Phi) is 4.77. The minimum atomic E-state index is -3.64. The average molecular weight is 313 g/mol. The third-order valence-electron chi connectivity index (χ3n) is 3.66. The molecule has 1 aromatic rings. The van der Waals surface area contributed by atoms with E-state index < -0.39 is 15.6 Å². The van der Waals surface area contributed by atoms with Gasteiger partial charge in [0.25, 0.3) is 0 Å². The molecule has 0 aromatic heterocycles. The maximum absolute atomic E-state index is 12.2. The van der Waals surface area contributed by atoms with Gasteiger partial charge >= 0.3 is 0 Å². The molecule has 6 nitrogen and oxygen atoms in total. The van der Waals surface area contributed by atoms with Gasteiger partial charge in [-0.2, -0.15) is 0 Å². The van der Waals surface area contributed by atoms with E-state index in [2.05, 4.69) is 4.72 Å². The molecule has 1 atom stereocenters. The van der Waals surface area contributed by atoms with Crippen LogP contribution in [0.4, 0.5) is 0 Å². The van der Waals surface area contributed by atoms with Gasteiger partial charge in [0.05, 0.1) is 11.5 Å². The first-order valence-electron chi connectivity index (χ1n) is 6.62. The summed E-state index contributed by atoms with van der Waals surface area (Å²) in [5.41, 5.74) is -0.127. The van der Waals surface area contributed by atoms with Crippen LogP contribution in [0.15, 0.2) is 29.2 Å². The first-order chi connectivity index (χ1) is 9.88. The summed E-state index contributed by atoms with van der Waals surface area (Å²) in [7, 11) is -2.09. The molecule has 1 aliphatic rings. The van der Waals surface area contributed by atoms with Crippen LogP contribution in [0.5, 0.6) is 0 Å². The van der Waals surface area contributed by atoms with Crippen molar-refractivity contribution in [2.24, 2.45) is 0 Å². The number of benzene rings is 1. The van der Waals surface area contributed by atoms with E-state index in [1.807, 2.05) is 0 Å². The molecule has 0 aliphatic carbocycles. The maximum atomic E-state index is 12.2. The second-order valence-electron chi connectivity index (χ2n) is 5.09. The molecule has 21 heavy (non-hydrogen) atoms. The van der Waals surface area contributed by atoms with E-state index in [9.17, 15) is 13.2 Å². The van der Waals surface area contributed by atoms with Crippen molar-refractivity contribution in [1.82, 2.24) is 4.72 Å². The number of methoxy groups -OCH3 is 1. The summed E-state index contributed by atoms with van der Waals surface area (Å²) in [5.74, 6) is -0.103. The highest BCUT2D eigenvalue weighted by Gasteiger charge is 2.36. The monoisotopic (exact) mass is 313 g/mol. The van der Waals surface area contributed by atoms with Crippen molar-refractivity contribution < 1.29 is 22.7 Å². The summed E-state index contributed by atoms with van der Waals surface area (Å²) >= 11 is 0. The number of hydrogen-bond acceptors (Lipinski definition) is 5. The number of carbonyl (C=O) groups is 1. The second-order valence-corrected chi connectivity index (χ2v) is 6.86. The summed E-state index contributed by atoms with van der Waals surface area (Å²) in [4.78, 5) is 11.3. The number of sulfonamides is 1. The fourth-order valence-electron chi connectivity index (χ4n) is 2.14. The summed E-state index contributed by atoms with van der Waals surface area (Å²) in [6, 6.07) is 5.84. The predicted octanol–water partition coefficient (Wildman–Crippen LogP) is 0.973. The van der Waals surface area contributed by atoms with E-state index in [0.29, 0.717) is 25.2 Å². The molecule has 7 heteroatoms. The minimum absolute atomic E-state index is 0.103. The lowest BCUT2D eigenvalue weighted by Gasteiger charge is -2.25. The lowest BCUT2D eigenvalue weighted by Crippen LogP contribution is -2.44. The Morgan fingerprint density at radius 3 is 2.52 bits per heavy atom. The summed E-state index contributed by atoms with van der Waals surface area (Å²) in [6.45, 7) is 2.52. The van der Waals surface area contributed by atoms with Crippen LogP contribution in [0, 0.1) is 0 Å². The van der Waals surface area contributed by atoms with Crippen molar-refractivity contribution in [3.8, 4) is 0 Å². The smallest absolute Gasteiger partial charge is 0.240 e. The highest BCUT2D eigenvalue weighted by molar-refractivity contribution is 7.89. The number of Topliss-reactive ketones (excluding diaryl/α,β-unsaturated/α-hetero) is 1. The van der Waals surface area contributed by atoms with Gasteiger partial charge in [0.1, 0.15) is 5.60 Å². The summed E-state index contributed by atoms with van der Waals surface area (Å²) in [5, 5.41) is 0. The molecule has 0 bridgehead atoms. The summed E-state index contributed by atoms with van der Waals surface area (Å²) in [6.07, 6.45) is 0.648. The number of ketones is 1. The topological polar surface area (TPSA) is 81.7 Å². The summed E-state index contributed by atoms with van der Waals surface area (Å²) < 4.78 is 37.7. The van der Waals surface area contributed by atoms with Crippen LogP contribution < -0.4 is 4.72 Å². The molecule has 116 valence electrons. The van der Waals surface area contributed by atoms with Gasteiger partial charge < -0.3 is 9.47 Å². The number of hydrogen-bond donors (Lipinski definition) is 1. The van der Waals surface area contributed by atoms with E-state index in [1.54, 1.807) is 7.11 Å². The second kappa shape index (κ2) is 6.23. The van der Waals surface area contributed by atoms with Gasteiger partial charge in [-0.05, 0) is 19.1 Å². The van der Waals surface area contributed by atoms with Crippen LogP contribution in [0.2, 0.25) is 0 Å². The molecule has 2 rings (SSSR count). The van der Waals surface area contributed by atoms with E-state index >= 15 is 0 Å². The van der Waals surface area contributed by atoms with E-state index in [-0.39, 0.29) is 17.2 Å². The molecule has 0 radical (unpaired) electrons. The maximum Gasteiger partial charge on any atom is 0.240 e. The first-order valence-corrected chi connectivity index (χ1v) is 8.10. The largest absolute Gasteiger partial charge is 0.378 e. The van der Waals surface area contributed by atoms with E-state index in [1.165, 1.54) is 31.2 Å². The molecule has 1 heterocycles. The number of carbonyl (C=O) groups excluding carboxylic acids is 1. The van der Waals surface area contributed by atoms with Gasteiger partial charge in [-0.25, -0.2) is 13.1 Å². The molecule has 1 aliphatic heterocycles. The lowest BCUT2D eigenvalue weighted by atomic mass is 10.0. The Bertz CT molecular complexity index is 603. The normalized spacial score (nSPS) is 22.4. The van der Waals surface area contributed by atoms with Crippen molar-refractivity contribution in [3.63, 3.8) is 0 Å². The van der Waals surface area contributed by atoms with E-state index in [4.69, 9.17) is 9.47 Å². The lowest BCUT2D eigenvalue weighted by molar-refractivity contribution is -0.0120. The molecule has 0 saturated carbocycles. The fourth-order valence-corrected chi connectivity index (χ4v) is 3.25. The third kappa shape index (κ3) is 3.68. The standard InChI is InChI=1S/C14H19NO5S/c1-11(16)12-3-5-13(6-4-12)21(17,18)15-9-14(19-2)7-8-20-10-14/h3-6,15H,7-10H2,1-2H3. The van der Waals surface area contributed by atoms with Crippen LogP contribution in [-0.4, -0.2) is 46.7 Å². The number of nitrogens with one attached hydrogen (secondary N) is 1. The molecule has 1 N–H and O–H groups in total. The minimum Gasteiger partial charge on any atom is -0.378 e. The quantitative estimate of drug-likeness (QED) is 0.792. The van der Waals surface area contributed by atoms with Gasteiger partial charge in [-0.1, -0.05) is 12.1 Å². The van der Waals surface area contributed by atoms with Crippen LogP contribution in [0.25, 0.3) is 0 Å². The third-order valence-corrected chi connectivity index (χ3v) is 5.07. The number of rotatable bonds is 6. The van der Waals surface area contributed by atoms with Crippen molar-refractivity contribution in [1.29, 1.82) is 0 Å². The fraction of sp³-hybridized carbons (Fsp3) is 0.500. The number of ether oxygens (including phenoxy) is 2. The highest BCUT2D eigenvalue weighted by Crippen LogP contribution is 2.22. The van der Waals surface area contributed by atoms with E-state index in [0.717, 1.165) is 0 Å². The van der Waals surface area contributed by atoms with Crippen LogP contribution in [-0.2, 0) is 19.5 Å². The van der Waals surface area contributed by atoms with Crippen LogP contribution in [0.1, 0.15) is 23.7 Å². The Labute approximate surface area is 124 Å². The van der Waals surface area contributed by atoms with Crippen LogP contribution in [0.3, 0.4) is 0 Å². The van der Waals surface area contributed by atoms with Crippen LogP contribution >= 0.6 is 0 Å². The SMILES string of the molecule is COC1(CNS(=O)(=O)c2ccc(C(C)=O)cc2)CCOC1. The van der Waals surface area contributed by atoms with Crippen molar-refractivity contribution in [3.05, 3.63) is 29.8 Å². The Hall–Kier alpha value is -1.28. The molecular weight excluding hydrogens is 294 g/mol. The van der Waals surface area contributed by atoms with Gasteiger partial charge in [-0.3, -0.25) is 4.79 Å². The Morgan fingerprint density at radius 2 is 2.05 bits per heavy atom. The van der Waals surface area contributed by atoms with Crippen molar-refractivity contribution in [2.45, 2.75) is 23.8 Å². The highest BCUT2D eigenvalue weighted by atomic mass is 32.2.